The van der Waals surface area contributed by atoms with E-state index in [0.29, 0.717) is 12.6 Å². The van der Waals surface area contributed by atoms with Gasteiger partial charge in [0.2, 0.25) is 0 Å². The van der Waals surface area contributed by atoms with Crippen LogP contribution >= 0.6 is 0 Å². The van der Waals surface area contributed by atoms with Crippen LogP contribution in [0.1, 0.15) is 30.4 Å². The molecule has 1 N–H and O–H groups in total. The van der Waals surface area contributed by atoms with Gasteiger partial charge < -0.3 is 10.1 Å². The molecule has 0 amide bonds. The molecule has 1 saturated carbocycles. The van der Waals surface area contributed by atoms with Gasteiger partial charge in [0.05, 0.1) is 18.6 Å². The standard InChI is InChI=1S/C15H20N2O/c1-18-11-14-6-3-2-5-13(14)10-17-15-8-4-7-12(15)9-16/h2-3,5-6,12,15,17H,4,7-8,10-11H2,1H3. The minimum Gasteiger partial charge on any atom is -0.380 e. The third-order valence-corrected chi connectivity index (χ3v) is 3.65. The molecule has 2 rings (SSSR count). The first kappa shape index (κ1) is 13.1. The summed E-state index contributed by atoms with van der Waals surface area (Å²) in [5, 5.41) is 12.6. The maximum atomic E-state index is 9.06. The smallest absolute Gasteiger partial charge is 0.0716 e. The number of rotatable bonds is 5. The van der Waals surface area contributed by atoms with Gasteiger partial charge in [-0.1, -0.05) is 30.7 Å². The van der Waals surface area contributed by atoms with Crippen molar-refractivity contribution in [2.24, 2.45) is 5.92 Å². The SMILES string of the molecule is COCc1ccccc1CNC1CCCC1C#N. The Balaban J connectivity index is 1.95. The van der Waals surface area contributed by atoms with Crippen LogP contribution in [0.25, 0.3) is 0 Å². The Bertz CT molecular complexity index is 425. The molecule has 96 valence electrons. The van der Waals surface area contributed by atoms with E-state index in [-0.39, 0.29) is 5.92 Å². The van der Waals surface area contributed by atoms with E-state index in [1.54, 1.807) is 7.11 Å². The lowest BCUT2D eigenvalue weighted by Crippen LogP contribution is -2.31. The van der Waals surface area contributed by atoms with E-state index >= 15 is 0 Å². The molecule has 1 aliphatic rings. The quantitative estimate of drug-likeness (QED) is 0.866. The molecule has 1 aromatic rings. The molecule has 0 saturated heterocycles. The normalized spacial score (nSPS) is 22.9. The van der Waals surface area contributed by atoms with Gasteiger partial charge in [-0.2, -0.15) is 5.26 Å². The number of nitrogens with one attached hydrogen (secondary N) is 1. The van der Waals surface area contributed by atoms with Crippen molar-refractivity contribution < 1.29 is 4.74 Å². The Kier molecular flexibility index (Phi) is 4.74. The van der Waals surface area contributed by atoms with Crippen LogP contribution in [0.5, 0.6) is 0 Å². The zero-order valence-corrected chi connectivity index (χ0v) is 10.9. The summed E-state index contributed by atoms with van der Waals surface area (Å²) < 4.78 is 5.20. The van der Waals surface area contributed by atoms with Crippen LogP contribution in [0.4, 0.5) is 0 Å². The molecule has 3 nitrogen and oxygen atoms in total. The van der Waals surface area contributed by atoms with E-state index in [9.17, 15) is 0 Å². The van der Waals surface area contributed by atoms with E-state index in [0.717, 1.165) is 25.8 Å². The molecule has 2 unspecified atom stereocenters. The fraction of sp³-hybridized carbons (Fsp3) is 0.533. The number of hydrogen-bond acceptors (Lipinski definition) is 3. The molecule has 1 fully saturated rings. The van der Waals surface area contributed by atoms with Gasteiger partial charge in [0.25, 0.3) is 0 Å². The number of hydrogen-bond donors (Lipinski definition) is 1. The second kappa shape index (κ2) is 6.53. The minimum absolute atomic E-state index is 0.180. The maximum Gasteiger partial charge on any atom is 0.0716 e. The van der Waals surface area contributed by atoms with Crippen LogP contribution in [-0.4, -0.2) is 13.2 Å². The lowest BCUT2D eigenvalue weighted by Gasteiger charge is -2.17. The predicted molar refractivity (Wildman–Crippen MR) is 70.7 cm³/mol. The number of benzene rings is 1. The molecule has 0 aromatic heterocycles. The van der Waals surface area contributed by atoms with Crippen molar-refractivity contribution in [2.45, 2.75) is 38.5 Å². The maximum absolute atomic E-state index is 9.06. The number of nitrogens with zero attached hydrogens (tertiary/aromatic N) is 1. The van der Waals surface area contributed by atoms with Crippen LogP contribution in [0.3, 0.4) is 0 Å². The van der Waals surface area contributed by atoms with Gasteiger partial charge in [-0.05, 0) is 24.0 Å². The van der Waals surface area contributed by atoms with Crippen molar-refractivity contribution in [1.29, 1.82) is 5.26 Å². The molecular formula is C15H20N2O. The summed E-state index contributed by atoms with van der Waals surface area (Å²) in [7, 11) is 1.72. The third-order valence-electron chi connectivity index (χ3n) is 3.65. The lowest BCUT2D eigenvalue weighted by molar-refractivity contribution is 0.184. The van der Waals surface area contributed by atoms with Crippen LogP contribution in [0.2, 0.25) is 0 Å². The summed E-state index contributed by atoms with van der Waals surface area (Å²) >= 11 is 0. The highest BCUT2D eigenvalue weighted by molar-refractivity contribution is 5.26. The number of methoxy groups -OCH3 is 1. The summed E-state index contributed by atoms with van der Waals surface area (Å²) in [4.78, 5) is 0. The van der Waals surface area contributed by atoms with E-state index in [1.165, 1.54) is 11.1 Å². The highest BCUT2D eigenvalue weighted by atomic mass is 16.5. The zero-order valence-electron chi connectivity index (χ0n) is 10.9. The van der Waals surface area contributed by atoms with Gasteiger partial charge >= 0.3 is 0 Å². The second-order valence-electron chi connectivity index (χ2n) is 4.86. The van der Waals surface area contributed by atoms with Gasteiger partial charge in [0.15, 0.2) is 0 Å². The average Bonchev–Trinajstić information content (AvgIpc) is 2.85. The van der Waals surface area contributed by atoms with Crippen molar-refractivity contribution in [3.05, 3.63) is 35.4 Å². The molecule has 0 radical (unpaired) electrons. The molecule has 0 heterocycles. The zero-order chi connectivity index (χ0) is 12.8. The largest absolute Gasteiger partial charge is 0.380 e. The highest BCUT2D eigenvalue weighted by Gasteiger charge is 2.26. The third kappa shape index (κ3) is 3.10. The van der Waals surface area contributed by atoms with Crippen LogP contribution < -0.4 is 5.32 Å². The first-order valence-corrected chi connectivity index (χ1v) is 6.54. The van der Waals surface area contributed by atoms with E-state index in [4.69, 9.17) is 10.00 Å². The number of nitriles is 1. The highest BCUT2D eigenvalue weighted by Crippen LogP contribution is 2.25. The first-order chi connectivity index (χ1) is 8.85. The first-order valence-electron chi connectivity index (χ1n) is 6.54. The molecule has 0 spiro atoms. The summed E-state index contributed by atoms with van der Waals surface area (Å²) in [6, 6.07) is 11.1. The monoisotopic (exact) mass is 244 g/mol. The molecule has 1 aliphatic carbocycles. The molecule has 3 heteroatoms. The summed E-state index contributed by atoms with van der Waals surface area (Å²) in [6.07, 6.45) is 3.31. The van der Waals surface area contributed by atoms with E-state index in [2.05, 4.69) is 23.5 Å². The Labute approximate surface area is 109 Å². The van der Waals surface area contributed by atoms with Gasteiger partial charge in [0.1, 0.15) is 0 Å². The van der Waals surface area contributed by atoms with Gasteiger partial charge in [-0.25, -0.2) is 0 Å². The Morgan fingerprint density at radius 1 is 1.33 bits per heavy atom. The molecule has 0 aliphatic heterocycles. The topological polar surface area (TPSA) is 45.0 Å². The molecule has 18 heavy (non-hydrogen) atoms. The summed E-state index contributed by atoms with van der Waals surface area (Å²) in [6.45, 7) is 1.46. The van der Waals surface area contributed by atoms with Gasteiger partial charge in [0, 0.05) is 19.7 Å². The Morgan fingerprint density at radius 3 is 2.83 bits per heavy atom. The Hall–Kier alpha value is -1.37. The van der Waals surface area contributed by atoms with E-state index in [1.807, 2.05) is 12.1 Å². The number of ether oxygens (including phenoxy) is 1. The second-order valence-corrected chi connectivity index (χ2v) is 4.86. The Morgan fingerprint density at radius 2 is 2.11 bits per heavy atom. The van der Waals surface area contributed by atoms with Crippen LogP contribution in [0.15, 0.2) is 24.3 Å². The van der Waals surface area contributed by atoms with Crippen molar-refractivity contribution in [2.75, 3.05) is 7.11 Å². The van der Waals surface area contributed by atoms with Crippen molar-refractivity contribution in [1.82, 2.24) is 5.32 Å². The van der Waals surface area contributed by atoms with Gasteiger partial charge in [-0.3, -0.25) is 0 Å². The summed E-state index contributed by atoms with van der Waals surface area (Å²) in [5.41, 5.74) is 2.49. The van der Waals surface area contributed by atoms with Crippen LogP contribution in [0, 0.1) is 17.2 Å². The molecule has 2 atom stereocenters. The predicted octanol–water partition coefficient (Wildman–Crippen LogP) is 2.61. The van der Waals surface area contributed by atoms with Crippen molar-refractivity contribution in [3.8, 4) is 6.07 Å². The molecular weight excluding hydrogens is 224 g/mol. The fourth-order valence-corrected chi connectivity index (χ4v) is 2.63. The van der Waals surface area contributed by atoms with Crippen molar-refractivity contribution in [3.63, 3.8) is 0 Å². The van der Waals surface area contributed by atoms with E-state index < -0.39 is 0 Å². The lowest BCUT2D eigenvalue weighted by atomic mass is 10.0. The molecule has 1 aromatic carbocycles. The van der Waals surface area contributed by atoms with Crippen LogP contribution in [-0.2, 0) is 17.9 Å². The van der Waals surface area contributed by atoms with Gasteiger partial charge in [-0.15, -0.1) is 0 Å². The minimum atomic E-state index is 0.180. The van der Waals surface area contributed by atoms with Crippen molar-refractivity contribution >= 4 is 0 Å². The molecule has 0 bridgehead atoms. The fourth-order valence-electron chi connectivity index (χ4n) is 2.63. The average molecular weight is 244 g/mol. The summed E-state index contributed by atoms with van der Waals surface area (Å²) in [5.74, 6) is 0.180.